The number of aliphatic hydroxyl groups is 1. The molecule has 0 bridgehead atoms. The lowest BCUT2D eigenvalue weighted by Gasteiger charge is -2.29. The van der Waals surface area contributed by atoms with Crippen LogP contribution in [0.4, 0.5) is 0 Å². The molecule has 2 rings (SSSR count). The highest BCUT2D eigenvalue weighted by molar-refractivity contribution is 5.30. The first-order valence-electron chi connectivity index (χ1n) is 4.99. The maximum absolute atomic E-state index is 9.62. The van der Waals surface area contributed by atoms with Crippen molar-refractivity contribution in [1.29, 1.82) is 0 Å². The first kappa shape index (κ1) is 9.65. The van der Waals surface area contributed by atoms with Crippen LogP contribution < -0.4 is 11.1 Å². The molecule has 0 aromatic heterocycles. The molecule has 0 saturated heterocycles. The van der Waals surface area contributed by atoms with E-state index in [-0.39, 0.29) is 6.04 Å². The molecule has 4 N–H and O–H groups in total. The normalized spacial score (nSPS) is 22.9. The van der Waals surface area contributed by atoms with Gasteiger partial charge in [0, 0.05) is 19.1 Å². The second-order valence-electron chi connectivity index (χ2n) is 3.76. The third-order valence-electron chi connectivity index (χ3n) is 2.82. The van der Waals surface area contributed by atoms with Gasteiger partial charge in [-0.1, -0.05) is 24.3 Å². The van der Waals surface area contributed by atoms with Crippen LogP contribution in [0.1, 0.15) is 11.1 Å². The number of fused-ring (bicyclic) bond motifs is 1. The number of rotatable bonds is 2. The fourth-order valence-corrected chi connectivity index (χ4v) is 1.92. The van der Waals surface area contributed by atoms with Crippen LogP contribution in [-0.4, -0.2) is 23.8 Å². The lowest BCUT2D eigenvalue weighted by Crippen LogP contribution is -2.47. The molecule has 76 valence electrons. The molecule has 1 aliphatic rings. The van der Waals surface area contributed by atoms with Gasteiger partial charge in [-0.05, 0) is 17.5 Å². The zero-order chi connectivity index (χ0) is 9.97. The first-order valence-corrected chi connectivity index (χ1v) is 4.99. The van der Waals surface area contributed by atoms with Crippen LogP contribution in [0.15, 0.2) is 24.3 Å². The molecule has 0 saturated carbocycles. The maximum Gasteiger partial charge on any atom is 0.0818 e. The molecule has 0 unspecified atom stereocenters. The van der Waals surface area contributed by atoms with Gasteiger partial charge in [0.1, 0.15) is 0 Å². The van der Waals surface area contributed by atoms with Gasteiger partial charge in [-0.25, -0.2) is 0 Å². The molecular formula is C11H16N2O. The van der Waals surface area contributed by atoms with Crippen molar-refractivity contribution in [1.82, 2.24) is 5.32 Å². The van der Waals surface area contributed by atoms with Gasteiger partial charge in [0.2, 0.25) is 0 Å². The van der Waals surface area contributed by atoms with Crippen molar-refractivity contribution in [2.45, 2.75) is 25.1 Å². The fraction of sp³-hybridized carbons (Fsp3) is 0.455. The van der Waals surface area contributed by atoms with Gasteiger partial charge in [-0.3, -0.25) is 0 Å². The number of nitrogens with one attached hydrogen (secondary N) is 1. The van der Waals surface area contributed by atoms with Gasteiger partial charge in [0.15, 0.2) is 0 Å². The van der Waals surface area contributed by atoms with Crippen LogP contribution in [0.25, 0.3) is 0 Å². The van der Waals surface area contributed by atoms with E-state index in [1.54, 1.807) is 0 Å². The molecule has 0 radical (unpaired) electrons. The Kier molecular flexibility index (Phi) is 2.82. The molecule has 0 aliphatic carbocycles. The molecule has 0 spiro atoms. The van der Waals surface area contributed by atoms with Crippen molar-refractivity contribution in [2.24, 2.45) is 5.73 Å². The number of hydrogen-bond donors (Lipinski definition) is 3. The van der Waals surface area contributed by atoms with E-state index in [4.69, 9.17) is 5.73 Å². The molecule has 3 heteroatoms. The second kappa shape index (κ2) is 4.09. The van der Waals surface area contributed by atoms with Crippen molar-refractivity contribution >= 4 is 0 Å². The summed E-state index contributed by atoms with van der Waals surface area (Å²) in [6, 6.07) is 8.42. The molecule has 0 fully saturated rings. The molecule has 3 nitrogen and oxygen atoms in total. The van der Waals surface area contributed by atoms with Gasteiger partial charge >= 0.3 is 0 Å². The summed E-state index contributed by atoms with van der Waals surface area (Å²) in [6.45, 7) is 1.15. The number of aliphatic hydroxyl groups excluding tert-OH is 1. The van der Waals surface area contributed by atoms with E-state index in [1.807, 2.05) is 12.1 Å². The standard InChI is InChI=1S/C11H16N2O/c12-6-11(14)10-5-8-3-1-2-4-9(8)7-13-10/h1-4,10-11,13-14H,5-7,12H2/t10-,11+/m0/s1. The third-order valence-corrected chi connectivity index (χ3v) is 2.82. The zero-order valence-electron chi connectivity index (χ0n) is 8.11. The van der Waals surface area contributed by atoms with E-state index in [9.17, 15) is 5.11 Å². The summed E-state index contributed by atoms with van der Waals surface area (Å²) in [7, 11) is 0. The Bertz CT molecular complexity index is 314. The van der Waals surface area contributed by atoms with Crippen molar-refractivity contribution < 1.29 is 5.11 Å². The maximum atomic E-state index is 9.62. The highest BCUT2D eigenvalue weighted by atomic mass is 16.3. The van der Waals surface area contributed by atoms with Gasteiger partial charge in [0.25, 0.3) is 0 Å². The minimum absolute atomic E-state index is 0.106. The highest BCUT2D eigenvalue weighted by Gasteiger charge is 2.22. The van der Waals surface area contributed by atoms with Crippen LogP contribution in [0, 0.1) is 0 Å². The van der Waals surface area contributed by atoms with Crippen molar-refractivity contribution in [3.63, 3.8) is 0 Å². The lowest BCUT2D eigenvalue weighted by atomic mass is 9.93. The summed E-state index contributed by atoms with van der Waals surface area (Å²) < 4.78 is 0. The summed E-state index contributed by atoms with van der Waals surface area (Å²) in [5.74, 6) is 0. The predicted octanol–water partition coefficient (Wildman–Crippen LogP) is 0.0205. The Hall–Kier alpha value is -0.900. The molecule has 1 heterocycles. The Morgan fingerprint density at radius 2 is 2.14 bits per heavy atom. The Labute approximate surface area is 83.9 Å². The van der Waals surface area contributed by atoms with Crippen LogP contribution >= 0.6 is 0 Å². The summed E-state index contributed by atoms with van der Waals surface area (Å²) in [6.07, 6.45) is 0.428. The van der Waals surface area contributed by atoms with Gasteiger partial charge in [0.05, 0.1) is 6.10 Å². The van der Waals surface area contributed by atoms with Crippen molar-refractivity contribution in [3.8, 4) is 0 Å². The second-order valence-corrected chi connectivity index (χ2v) is 3.76. The Morgan fingerprint density at radius 1 is 1.43 bits per heavy atom. The number of nitrogens with two attached hydrogens (primary N) is 1. The monoisotopic (exact) mass is 192 g/mol. The van der Waals surface area contributed by atoms with Gasteiger partial charge < -0.3 is 16.2 Å². The summed E-state index contributed by atoms with van der Waals surface area (Å²) in [5.41, 5.74) is 8.08. The molecule has 14 heavy (non-hydrogen) atoms. The summed E-state index contributed by atoms with van der Waals surface area (Å²) >= 11 is 0. The average Bonchev–Trinajstić information content (AvgIpc) is 2.27. The van der Waals surface area contributed by atoms with Gasteiger partial charge in [-0.2, -0.15) is 0 Å². The minimum Gasteiger partial charge on any atom is -0.390 e. The average molecular weight is 192 g/mol. The number of hydrogen-bond acceptors (Lipinski definition) is 3. The smallest absolute Gasteiger partial charge is 0.0818 e. The minimum atomic E-state index is -0.441. The SMILES string of the molecule is NC[C@@H](O)[C@@H]1Cc2ccccc2CN1. The fourth-order valence-electron chi connectivity index (χ4n) is 1.92. The van der Waals surface area contributed by atoms with E-state index in [2.05, 4.69) is 17.4 Å². The largest absolute Gasteiger partial charge is 0.390 e. The molecule has 2 atom stereocenters. The van der Waals surface area contributed by atoms with E-state index in [0.29, 0.717) is 6.54 Å². The predicted molar refractivity (Wildman–Crippen MR) is 55.8 cm³/mol. The zero-order valence-corrected chi connectivity index (χ0v) is 8.11. The van der Waals surface area contributed by atoms with Crippen LogP contribution in [-0.2, 0) is 13.0 Å². The van der Waals surface area contributed by atoms with E-state index >= 15 is 0 Å². The third kappa shape index (κ3) is 1.80. The van der Waals surface area contributed by atoms with Crippen molar-refractivity contribution in [3.05, 3.63) is 35.4 Å². The van der Waals surface area contributed by atoms with E-state index in [1.165, 1.54) is 11.1 Å². The van der Waals surface area contributed by atoms with E-state index < -0.39 is 6.10 Å². The molecule has 1 aliphatic heterocycles. The van der Waals surface area contributed by atoms with Crippen molar-refractivity contribution in [2.75, 3.05) is 6.54 Å². The topological polar surface area (TPSA) is 58.3 Å². The molecular weight excluding hydrogens is 176 g/mol. The van der Waals surface area contributed by atoms with Crippen LogP contribution in [0.3, 0.4) is 0 Å². The molecule has 1 aromatic rings. The summed E-state index contributed by atoms with van der Waals surface area (Å²) in [5, 5.41) is 12.9. The van der Waals surface area contributed by atoms with Crippen LogP contribution in [0.2, 0.25) is 0 Å². The summed E-state index contributed by atoms with van der Waals surface area (Å²) in [4.78, 5) is 0. The lowest BCUT2D eigenvalue weighted by molar-refractivity contribution is 0.130. The molecule has 1 aromatic carbocycles. The van der Waals surface area contributed by atoms with E-state index in [0.717, 1.165) is 13.0 Å². The van der Waals surface area contributed by atoms with Crippen LogP contribution in [0.5, 0.6) is 0 Å². The Morgan fingerprint density at radius 3 is 2.86 bits per heavy atom. The Balaban J connectivity index is 2.13. The number of benzene rings is 1. The van der Waals surface area contributed by atoms with Gasteiger partial charge in [-0.15, -0.1) is 0 Å². The molecule has 0 amide bonds. The first-order chi connectivity index (χ1) is 6.81. The highest BCUT2D eigenvalue weighted by Crippen LogP contribution is 2.17. The quantitative estimate of drug-likeness (QED) is 0.619.